The number of piperazine rings is 1. The van der Waals surface area contributed by atoms with Crippen molar-refractivity contribution in [2.45, 2.75) is 13.1 Å². The van der Waals surface area contributed by atoms with E-state index in [2.05, 4.69) is 20.9 Å². The lowest BCUT2D eigenvalue weighted by molar-refractivity contribution is -0.137. The molecule has 2 rings (SSSR count). The maximum atomic E-state index is 11.8. The predicted octanol–water partition coefficient (Wildman–Crippen LogP) is -1.52. The van der Waals surface area contributed by atoms with E-state index in [1.807, 2.05) is 0 Å². The van der Waals surface area contributed by atoms with Gasteiger partial charge in [-0.15, -0.1) is 5.10 Å². The van der Waals surface area contributed by atoms with Crippen LogP contribution in [0.5, 0.6) is 0 Å². The smallest absolute Gasteiger partial charge is 0.325 e. The van der Waals surface area contributed by atoms with Crippen LogP contribution in [0.2, 0.25) is 0 Å². The fraction of sp³-hybridized carbons (Fsp3) is 0.600. The molecule has 19 heavy (non-hydrogen) atoms. The Labute approximate surface area is 109 Å². The average molecular weight is 268 g/mol. The Kier molecular flexibility index (Phi) is 4.29. The van der Waals surface area contributed by atoms with Crippen molar-refractivity contribution in [3.05, 3.63) is 11.9 Å². The average Bonchev–Trinajstić information content (AvgIpc) is 2.84. The van der Waals surface area contributed by atoms with Gasteiger partial charge in [-0.3, -0.25) is 4.79 Å². The molecule has 1 fully saturated rings. The van der Waals surface area contributed by atoms with Crippen LogP contribution >= 0.6 is 0 Å². The fourth-order valence-corrected chi connectivity index (χ4v) is 1.78. The lowest BCUT2D eigenvalue weighted by Gasteiger charge is -2.27. The second-order valence-corrected chi connectivity index (χ2v) is 4.20. The monoisotopic (exact) mass is 268 g/mol. The molecule has 2 heterocycles. The van der Waals surface area contributed by atoms with Gasteiger partial charge >= 0.3 is 12.0 Å². The van der Waals surface area contributed by atoms with Crippen LogP contribution < -0.4 is 10.6 Å². The van der Waals surface area contributed by atoms with Gasteiger partial charge in [-0.1, -0.05) is 5.21 Å². The van der Waals surface area contributed by atoms with Gasteiger partial charge in [-0.2, -0.15) is 0 Å². The number of hydrogen-bond donors (Lipinski definition) is 3. The number of carbonyl (C=O) groups excluding carboxylic acids is 1. The van der Waals surface area contributed by atoms with Crippen molar-refractivity contribution in [2.75, 3.05) is 26.2 Å². The van der Waals surface area contributed by atoms with Crippen molar-refractivity contribution in [3.63, 3.8) is 0 Å². The molecule has 3 N–H and O–H groups in total. The van der Waals surface area contributed by atoms with E-state index in [1.54, 1.807) is 4.90 Å². The van der Waals surface area contributed by atoms with E-state index < -0.39 is 5.97 Å². The summed E-state index contributed by atoms with van der Waals surface area (Å²) in [7, 11) is 0. The number of nitrogens with zero attached hydrogens (tertiary/aromatic N) is 4. The fourth-order valence-electron chi connectivity index (χ4n) is 1.78. The van der Waals surface area contributed by atoms with Gasteiger partial charge in [-0.05, 0) is 0 Å². The number of amides is 2. The first kappa shape index (κ1) is 13.3. The third-order valence-corrected chi connectivity index (χ3v) is 2.71. The normalized spacial score (nSPS) is 15.3. The molecule has 9 nitrogen and oxygen atoms in total. The first-order valence-corrected chi connectivity index (χ1v) is 5.99. The number of nitrogens with one attached hydrogen (secondary N) is 2. The number of hydrogen-bond acceptors (Lipinski definition) is 5. The van der Waals surface area contributed by atoms with E-state index in [-0.39, 0.29) is 19.1 Å². The molecule has 1 aromatic rings. The van der Waals surface area contributed by atoms with Crippen LogP contribution in [0.25, 0.3) is 0 Å². The third-order valence-electron chi connectivity index (χ3n) is 2.71. The van der Waals surface area contributed by atoms with Crippen LogP contribution in [0, 0.1) is 0 Å². The summed E-state index contributed by atoms with van der Waals surface area (Å²) in [6.45, 7) is 2.95. The molecule has 2 amide bonds. The van der Waals surface area contributed by atoms with Crippen LogP contribution in [-0.4, -0.2) is 63.2 Å². The zero-order chi connectivity index (χ0) is 13.7. The van der Waals surface area contributed by atoms with Crippen LogP contribution in [-0.2, 0) is 17.9 Å². The molecule has 104 valence electrons. The first-order chi connectivity index (χ1) is 9.15. The predicted molar refractivity (Wildman–Crippen MR) is 64.3 cm³/mol. The topological polar surface area (TPSA) is 112 Å². The van der Waals surface area contributed by atoms with E-state index >= 15 is 0 Å². The number of aliphatic carboxylic acids is 1. The zero-order valence-electron chi connectivity index (χ0n) is 10.4. The maximum Gasteiger partial charge on any atom is 0.325 e. The molecule has 0 saturated carbocycles. The summed E-state index contributed by atoms with van der Waals surface area (Å²) in [5.41, 5.74) is 0.532. The molecule has 1 aliphatic rings. The maximum absolute atomic E-state index is 11.8. The second-order valence-electron chi connectivity index (χ2n) is 4.20. The first-order valence-electron chi connectivity index (χ1n) is 5.99. The lowest BCUT2D eigenvalue weighted by atomic mass is 10.4. The van der Waals surface area contributed by atoms with Gasteiger partial charge in [0.15, 0.2) is 0 Å². The van der Waals surface area contributed by atoms with E-state index in [0.717, 1.165) is 13.1 Å². The summed E-state index contributed by atoms with van der Waals surface area (Å²) >= 11 is 0. The van der Waals surface area contributed by atoms with Gasteiger partial charge in [0.05, 0.1) is 12.7 Å². The van der Waals surface area contributed by atoms with Crippen molar-refractivity contribution in [1.82, 2.24) is 30.5 Å². The largest absolute Gasteiger partial charge is 0.480 e. The summed E-state index contributed by atoms with van der Waals surface area (Å²) in [5, 5.41) is 21.9. The molecule has 0 unspecified atom stereocenters. The minimum absolute atomic E-state index is 0.144. The van der Waals surface area contributed by atoms with Crippen LogP contribution in [0.15, 0.2) is 6.20 Å². The highest BCUT2D eigenvalue weighted by Gasteiger charge is 2.15. The summed E-state index contributed by atoms with van der Waals surface area (Å²) < 4.78 is 1.22. The Morgan fingerprint density at radius 1 is 1.42 bits per heavy atom. The number of urea groups is 1. The summed E-state index contributed by atoms with van der Waals surface area (Å²) in [4.78, 5) is 24.0. The molecule has 1 aliphatic heterocycles. The van der Waals surface area contributed by atoms with Crippen LogP contribution in [0.1, 0.15) is 5.69 Å². The minimum atomic E-state index is -0.985. The van der Waals surface area contributed by atoms with Gasteiger partial charge in [0.1, 0.15) is 12.2 Å². The highest BCUT2D eigenvalue weighted by molar-refractivity contribution is 5.74. The van der Waals surface area contributed by atoms with Crippen molar-refractivity contribution in [1.29, 1.82) is 0 Å². The van der Waals surface area contributed by atoms with E-state index in [9.17, 15) is 9.59 Å². The summed E-state index contributed by atoms with van der Waals surface area (Å²) in [6, 6.07) is -0.144. The van der Waals surface area contributed by atoms with Crippen molar-refractivity contribution >= 4 is 12.0 Å². The van der Waals surface area contributed by atoms with Gasteiger partial charge in [0, 0.05) is 26.2 Å². The number of carbonyl (C=O) groups is 2. The minimum Gasteiger partial charge on any atom is -0.480 e. The Hall–Kier alpha value is -2.16. The third kappa shape index (κ3) is 3.91. The molecule has 0 aliphatic carbocycles. The number of carboxylic acids is 1. The molecule has 0 atom stereocenters. The SMILES string of the molecule is O=C(O)Cn1cc(CNC(=O)N2CCNCC2)nn1. The number of rotatable bonds is 4. The van der Waals surface area contributed by atoms with Crippen molar-refractivity contribution < 1.29 is 14.7 Å². The molecule has 9 heteroatoms. The van der Waals surface area contributed by atoms with Crippen LogP contribution in [0.3, 0.4) is 0 Å². The van der Waals surface area contributed by atoms with Crippen molar-refractivity contribution in [2.24, 2.45) is 0 Å². The molecule has 0 bridgehead atoms. The number of carboxylic acid groups (broad SMARTS) is 1. The Bertz CT molecular complexity index is 454. The van der Waals surface area contributed by atoms with E-state index in [0.29, 0.717) is 18.8 Å². The molecule has 0 aromatic carbocycles. The Morgan fingerprint density at radius 2 is 2.16 bits per heavy atom. The highest BCUT2D eigenvalue weighted by atomic mass is 16.4. The summed E-state index contributed by atoms with van der Waals surface area (Å²) in [5.74, 6) is -0.985. The van der Waals surface area contributed by atoms with E-state index in [1.165, 1.54) is 10.9 Å². The number of aromatic nitrogens is 3. The van der Waals surface area contributed by atoms with Crippen molar-refractivity contribution in [3.8, 4) is 0 Å². The zero-order valence-corrected chi connectivity index (χ0v) is 10.4. The van der Waals surface area contributed by atoms with E-state index in [4.69, 9.17) is 5.11 Å². The molecular formula is C10H16N6O3. The van der Waals surface area contributed by atoms with Gasteiger partial charge in [-0.25, -0.2) is 9.48 Å². The Morgan fingerprint density at radius 3 is 2.84 bits per heavy atom. The standard InChI is InChI=1S/C10H16N6O3/c17-9(18)7-16-6-8(13-14-16)5-12-10(19)15-3-1-11-2-4-15/h6,11H,1-5,7H2,(H,12,19)(H,17,18). The molecule has 1 aromatic heterocycles. The molecular weight excluding hydrogens is 252 g/mol. The van der Waals surface area contributed by atoms with Crippen LogP contribution in [0.4, 0.5) is 4.79 Å². The Balaban J connectivity index is 1.79. The summed E-state index contributed by atoms with van der Waals surface area (Å²) in [6.07, 6.45) is 1.51. The van der Waals surface area contributed by atoms with Gasteiger partial charge < -0.3 is 20.6 Å². The molecule has 0 radical (unpaired) electrons. The second kappa shape index (κ2) is 6.14. The highest BCUT2D eigenvalue weighted by Crippen LogP contribution is 1.96. The van der Waals surface area contributed by atoms with Gasteiger partial charge in [0.2, 0.25) is 0 Å². The lowest BCUT2D eigenvalue weighted by Crippen LogP contribution is -2.50. The quantitative estimate of drug-likeness (QED) is 0.611. The van der Waals surface area contributed by atoms with Gasteiger partial charge in [0.25, 0.3) is 0 Å². The molecule has 0 spiro atoms. The molecule has 1 saturated heterocycles.